The quantitative estimate of drug-likeness (QED) is 0.510. The van der Waals surface area contributed by atoms with E-state index in [-0.39, 0.29) is 18.0 Å². The molecule has 0 saturated carbocycles. The van der Waals surface area contributed by atoms with Gasteiger partial charge in [-0.05, 0) is 43.7 Å². The summed E-state index contributed by atoms with van der Waals surface area (Å²) in [6, 6.07) is 19.1. The Balaban J connectivity index is 1.88. The third kappa shape index (κ3) is 6.12. The van der Waals surface area contributed by atoms with Crippen LogP contribution >= 0.6 is 0 Å². The van der Waals surface area contributed by atoms with Crippen molar-refractivity contribution in [1.29, 1.82) is 0 Å². The highest BCUT2D eigenvalue weighted by Gasteiger charge is 2.27. The fourth-order valence-electron chi connectivity index (χ4n) is 3.23. The Morgan fingerprint density at radius 1 is 0.879 bits per heavy atom. The highest BCUT2D eigenvalue weighted by molar-refractivity contribution is 7.89. The van der Waals surface area contributed by atoms with Gasteiger partial charge in [0.2, 0.25) is 15.9 Å². The molecule has 174 valence electrons. The molecule has 0 aromatic heterocycles. The molecule has 0 fully saturated rings. The molecule has 0 aliphatic heterocycles. The molecule has 1 N–H and O–H groups in total. The number of nitrogens with zero attached hydrogens (tertiary/aromatic N) is 1. The van der Waals surface area contributed by atoms with Crippen molar-refractivity contribution in [2.24, 2.45) is 0 Å². The summed E-state index contributed by atoms with van der Waals surface area (Å²) in [6.07, 6.45) is 0. The first-order chi connectivity index (χ1) is 15.7. The lowest BCUT2D eigenvalue weighted by molar-refractivity contribution is -0.116. The maximum atomic E-state index is 13.4. The van der Waals surface area contributed by atoms with Crippen LogP contribution in [0, 0.1) is 13.8 Å². The molecule has 0 aliphatic carbocycles. The van der Waals surface area contributed by atoms with Gasteiger partial charge in [-0.25, -0.2) is 8.42 Å². The number of aryl methyl sites for hydroxylation is 2. The average Bonchev–Trinajstić information content (AvgIpc) is 2.80. The Bertz CT molecular complexity index is 1210. The van der Waals surface area contributed by atoms with Gasteiger partial charge >= 0.3 is 0 Å². The number of amides is 1. The smallest absolute Gasteiger partial charge is 0.243 e. The van der Waals surface area contributed by atoms with Crippen LogP contribution in [0.5, 0.6) is 11.5 Å². The average molecular weight is 469 g/mol. The first kappa shape index (κ1) is 24.3. The molecule has 0 bridgehead atoms. The second-order valence-electron chi connectivity index (χ2n) is 7.69. The summed E-state index contributed by atoms with van der Waals surface area (Å²) < 4.78 is 38.5. The van der Waals surface area contributed by atoms with Crippen LogP contribution in [0.25, 0.3) is 0 Å². The normalized spacial score (nSPS) is 11.3. The number of ether oxygens (including phenoxy) is 2. The van der Waals surface area contributed by atoms with Gasteiger partial charge in [0.15, 0.2) is 0 Å². The van der Waals surface area contributed by atoms with Crippen LogP contribution in [0.15, 0.2) is 71.6 Å². The van der Waals surface area contributed by atoms with Crippen molar-refractivity contribution in [3.8, 4) is 11.5 Å². The fourth-order valence-corrected chi connectivity index (χ4v) is 4.62. The highest BCUT2D eigenvalue weighted by Crippen LogP contribution is 2.29. The lowest BCUT2D eigenvalue weighted by Crippen LogP contribution is -2.37. The minimum atomic E-state index is -3.92. The number of rotatable bonds is 9. The van der Waals surface area contributed by atoms with Crippen molar-refractivity contribution in [3.05, 3.63) is 83.4 Å². The van der Waals surface area contributed by atoms with Crippen LogP contribution in [0.2, 0.25) is 0 Å². The van der Waals surface area contributed by atoms with E-state index in [4.69, 9.17) is 9.47 Å². The van der Waals surface area contributed by atoms with Crippen LogP contribution < -0.4 is 14.8 Å². The molecular weight excluding hydrogens is 440 g/mol. The summed E-state index contributed by atoms with van der Waals surface area (Å²) >= 11 is 0. The van der Waals surface area contributed by atoms with Gasteiger partial charge in [0, 0.05) is 12.6 Å². The van der Waals surface area contributed by atoms with E-state index in [1.807, 2.05) is 38.1 Å². The molecule has 3 aromatic carbocycles. The molecule has 0 radical (unpaired) electrons. The number of methoxy groups -OCH3 is 2. The zero-order valence-electron chi connectivity index (χ0n) is 19.2. The Labute approximate surface area is 195 Å². The van der Waals surface area contributed by atoms with Crippen molar-refractivity contribution in [1.82, 2.24) is 4.31 Å². The number of sulfonamides is 1. The predicted octanol–water partition coefficient (Wildman–Crippen LogP) is 4.15. The molecule has 8 heteroatoms. The molecule has 0 spiro atoms. The SMILES string of the molecule is COc1ccc(NC(=O)CN(Cc2ccc(C)cc2)S(=O)(=O)c2ccc(C)cc2)c(OC)c1. The summed E-state index contributed by atoms with van der Waals surface area (Å²) in [5, 5.41) is 2.75. The molecule has 0 saturated heterocycles. The van der Waals surface area contributed by atoms with Crippen LogP contribution in [-0.2, 0) is 21.4 Å². The summed E-state index contributed by atoms with van der Waals surface area (Å²) in [5.41, 5.74) is 3.22. The molecule has 1 amide bonds. The lowest BCUT2D eigenvalue weighted by atomic mass is 10.1. The number of nitrogens with one attached hydrogen (secondary N) is 1. The van der Waals surface area contributed by atoms with Crippen LogP contribution in [-0.4, -0.2) is 39.4 Å². The van der Waals surface area contributed by atoms with Gasteiger partial charge in [-0.2, -0.15) is 4.31 Å². The third-order valence-electron chi connectivity index (χ3n) is 5.14. The number of carbonyl (C=O) groups is 1. The Morgan fingerprint density at radius 3 is 2.06 bits per heavy atom. The first-order valence-electron chi connectivity index (χ1n) is 10.4. The van der Waals surface area contributed by atoms with Gasteiger partial charge in [0.1, 0.15) is 11.5 Å². The van der Waals surface area contributed by atoms with Gasteiger partial charge in [0.25, 0.3) is 0 Å². The number of hydrogen-bond donors (Lipinski definition) is 1. The highest BCUT2D eigenvalue weighted by atomic mass is 32.2. The maximum Gasteiger partial charge on any atom is 0.243 e. The monoisotopic (exact) mass is 468 g/mol. The van der Waals surface area contributed by atoms with Crippen LogP contribution in [0.3, 0.4) is 0 Å². The van der Waals surface area contributed by atoms with E-state index in [9.17, 15) is 13.2 Å². The van der Waals surface area contributed by atoms with Gasteiger partial charge in [-0.15, -0.1) is 0 Å². The van der Waals surface area contributed by atoms with Crippen LogP contribution in [0.4, 0.5) is 5.69 Å². The minimum Gasteiger partial charge on any atom is -0.497 e. The molecule has 3 rings (SSSR count). The molecule has 0 atom stereocenters. The maximum absolute atomic E-state index is 13.4. The van der Waals surface area contributed by atoms with Gasteiger partial charge in [-0.1, -0.05) is 47.5 Å². The zero-order chi connectivity index (χ0) is 24.0. The number of anilines is 1. The van der Waals surface area contributed by atoms with Gasteiger partial charge in [0.05, 0.1) is 31.3 Å². The number of hydrogen-bond acceptors (Lipinski definition) is 5. The fraction of sp³-hybridized carbons (Fsp3) is 0.240. The zero-order valence-corrected chi connectivity index (χ0v) is 20.0. The molecule has 3 aromatic rings. The van der Waals surface area contributed by atoms with E-state index < -0.39 is 15.9 Å². The molecular formula is C25H28N2O5S. The lowest BCUT2D eigenvalue weighted by Gasteiger charge is -2.22. The second kappa shape index (κ2) is 10.5. The Hall–Kier alpha value is -3.36. The number of benzene rings is 3. The molecule has 0 unspecified atom stereocenters. The van der Waals surface area contributed by atoms with Crippen molar-refractivity contribution in [3.63, 3.8) is 0 Å². The number of carbonyl (C=O) groups excluding carboxylic acids is 1. The van der Waals surface area contributed by atoms with Crippen molar-refractivity contribution >= 4 is 21.6 Å². The van der Waals surface area contributed by atoms with E-state index in [0.29, 0.717) is 17.2 Å². The molecule has 0 heterocycles. The Kier molecular flexibility index (Phi) is 7.73. The van der Waals surface area contributed by atoms with E-state index in [0.717, 1.165) is 16.7 Å². The Morgan fingerprint density at radius 2 is 1.48 bits per heavy atom. The van der Waals surface area contributed by atoms with E-state index in [2.05, 4.69) is 5.32 Å². The summed E-state index contributed by atoms with van der Waals surface area (Å²) in [6.45, 7) is 3.54. The van der Waals surface area contributed by atoms with Crippen LogP contribution in [0.1, 0.15) is 16.7 Å². The molecule has 7 nitrogen and oxygen atoms in total. The summed E-state index contributed by atoms with van der Waals surface area (Å²) in [4.78, 5) is 13.1. The summed E-state index contributed by atoms with van der Waals surface area (Å²) in [5.74, 6) is 0.503. The van der Waals surface area contributed by atoms with E-state index >= 15 is 0 Å². The van der Waals surface area contributed by atoms with Gasteiger partial charge in [-0.3, -0.25) is 4.79 Å². The van der Waals surface area contributed by atoms with Gasteiger partial charge < -0.3 is 14.8 Å². The van der Waals surface area contributed by atoms with Crippen molar-refractivity contribution < 1.29 is 22.7 Å². The van der Waals surface area contributed by atoms with E-state index in [1.165, 1.54) is 18.5 Å². The second-order valence-corrected chi connectivity index (χ2v) is 9.62. The standard InChI is InChI=1S/C25H28N2O5S/c1-18-5-9-20(10-6-18)16-27(33(29,30)22-12-7-19(2)8-13-22)17-25(28)26-23-14-11-21(31-3)15-24(23)32-4/h5-15H,16-17H2,1-4H3,(H,26,28). The topological polar surface area (TPSA) is 84.9 Å². The molecule has 0 aliphatic rings. The first-order valence-corrected chi connectivity index (χ1v) is 11.8. The van der Waals surface area contributed by atoms with Crippen molar-refractivity contribution in [2.75, 3.05) is 26.1 Å². The summed E-state index contributed by atoms with van der Waals surface area (Å²) in [7, 11) is -0.903. The molecule has 33 heavy (non-hydrogen) atoms. The predicted molar refractivity (Wildman–Crippen MR) is 128 cm³/mol. The van der Waals surface area contributed by atoms with E-state index in [1.54, 1.807) is 42.5 Å². The third-order valence-corrected chi connectivity index (χ3v) is 6.95. The van der Waals surface area contributed by atoms with Crippen molar-refractivity contribution in [2.45, 2.75) is 25.3 Å². The minimum absolute atomic E-state index is 0.0592. The largest absolute Gasteiger partial charge is 0.497 e.